The van der Waals surface area contributed by atoms with Crippen LogP contribution in [0, 0.1) is 5.92 Å². The lowest BCUT2D eigenvalue weighted by atomic mass is 9.87. The van der Waals surface area contributed by atoms with Gasteiger partial charge in [-0.3, -0.25) is 9.69 Å². The third-order valence-corrected chi connectivity index (χ3v) is 7.84. The SMILES string of the molecule is CN(Cc1ccc(C(F)(F)F)cc1N1CCC(C(=O)O)CC1)C1(C)CCN(C(=O)OC(C(F)(F)F)C(F)(F)F)CC1. The van der Waals surface area contributed by atoms with E-state index in [9.17, 15) is 54.2 Å². The molecule has 0 saturated carbocycles. The highest BCUT2D eigenvalue weighted by molar-refractivity contribution is 5.70. The van der Waals surface area contributed by atoms with Gasteiger partial charge in [0.2, 0.25) is 0 Å². The van der Waals surface area contributed by atoms with E-state index in [0.717, 1.165) is 17.0 Å². The molecule has 2 aliphatic rings. The van der Waals surface area contributed by atoms with Crippen LogP contribution in [-0.4, -0.2) is 84.2 Å². The number of nitrogens with zero attached hydrogens (tertiary/aromatic N) is 3. The number of rotatable bonds is 6. The van der Waals surface area contributed by atoms with Gasteiger partial charge in [-0.1, -0.05) is 6.07 Å². The van der Waals surface area contributed by atoms with Crippen LogP contribution in [-0.2, 0) is 22.3 Å². The van der Waals surface area contributed by atoms with Crippen molar-refractivity contribution in [3.8, 4) is 0 Å². The van der Waals surface area contributed by atoms with Crippen molar-refractivity contribution in [2.45, 2.75) is 69.3 Å². The van der Waals surface area contributed by atoms with Crippen molar-refractivity contribution in [1.82, 2.24) is 9.80 Å². The summed E-state index contributed by atoms with van der Waals surface area (Å²) in [6.45, 7) is 1.97. The summed E-state index contributed by atoms with van der Waals surface area (Å²) in [5.74, 6) is -1.56. The highest BCUT2D eigenvalue weighted by Gasteiger charge is 2.60. The fourth-order valence-corrected chi connectivity index (χ4v) is 5.03. The Balaban J connectivity index is 1.72. The first-order valence-electron chi connectivity index (χ1n) is 12.7. The number of halogens is 9. The minimum atomic E-state index is -5.83. The number of piperidine rings is 2. The zero-order chi connectivity index (χ0) is 31.0. The highest BCUT2D eigenvalue weighted by Crippen LogP contribution is 2.39. The highest BCUT2D eigenvalue weighted by atomic mass is 19.4. The number of anilines is 1. The van der Waals surface area contributed by atoms with Crippen LogP contribution in [0.15, 0.2) is 18.2 Å². The Hall–Kier alpha value is -2.91. The summed E-state index contributed by atoms with van der Waals surface area (Å²) in [7, 11) is 1.68. The molecule has 1 aromatic carbocycles. The molecular weight excluding hydrogens is 577 g/mol. The van der Waals surface area contributed by atoms with Gasteiger partial charge in [0.05, 0.1) is 11.5 Å². The predicted octanol–water partition coefficient (Wildman–Crippen LogP) is 5.92. The number of carbonyl (C=O) groups excluding carboxylic acids is 1. The number of carboxylic acids is 1. The van der Waals surface area contributed by atoms with Crippen molar-refractivity contribution in [3.05, 3.63) is 29.3 Å². The predicted molar refractivity (Wildman–Crippen MR) is 127 cm³/mol. The average Bonchev–Trinajstić information content (AvgIpc) is 2.85. The minimum Gasteiger partial charge on any atom is -0.481 e. The Morgan fingerprint density at radius 3 is 2.00 bits per heavy atom. The Morgan fingerprint density at radius 1 is 1.00 bits per heavy atom. The van der Waals surface area contributed by atoms with Crippen LogP contribution in [0.1, 0.15) is 43.7 Å². The number of benzene rings is 1. The van der Waals surface area contributed by atoms with Crippen molar-refractivity contribution in [2.75, 3.05) is 38.1 Å². The van der Waals surface area contributed by atoms with Crippen molar-refractivity contribution in [2.24, 2.45) is 5.92 Å². The molecule has 0 spiro atoms. The fourth-order valence-electron chi connectivity index (χ4n) is 5.03. The maximum absolute atomic E-state index is 13.5. The maximum atomic E-state index is 13.5. The average molecular weight is 608 g/mol. The lowest BCUT2D eigenvalue weighted by Gasteiger charge is -2.45. The van der Waals surface area contributed by atoms with Crippen molar-refractivity contribution in [1.29, 1.82) is 0 Å². The van der Waals surface area contributed by atoms with Gasteiger partial charge in [-0.15, -0.1) is 0 Å². The van der Waals surface area contributed by atoms with Crippen molar-refractivity contribution in [3.63, 3.8) is 0 Å². The van der Waals surface area contributed by atoms with Crippen LogP contribution in [0.2, 0.25) is 0 Å². The topological polar surface area (TPSA) is 73.3 Å². The first kappa shape index (κ1) is 32.6. The quantitative estimate of drug-likeness (QED) is 0.405. The molecule has 1 N–H and O–H groups in total. The van der Waals surface area contributed by atoms with Gasteiger partial charge in [-0.05, 0) is 57.4 Å². The standard InChI is InChI=1S/C25H30F9N3O4/c1-22(7-11-37(12-8-22)21(40)41-20(24(29,30)31)25(32,33)34)35(2)14-16-3-4-17(23(26,27)28)13-18(16)36-9-5-15(6-10-36)19(38)39/h3-4,13,15,20H,5-12,14H2,1-2H3,(H,38,39). The molecule has 2 saturated heterocycles. The lowest BCUT2D eigenvalue weighted by molar-refractivity contribution is -0.308. The van der Waals surface area contributed by atoms with E-state index in [1.54, 1.807) is 23.8 Å². The van der Waals surface area contributed by atoms with Crippen LogP contribution in [0.4, 0.5) is 50.0 Å². The van der Waals surface area contributed by atoms with E-state index in [-0.39, 0.29) is 58.4 Å². The second kappa shape index (κ2) is 11.8. The van der Waals surface area contributed by atoms with Crippen LogP contribution < -0.4 is 4.90 Å². The molecular formula is C25H30F9N3O4. The largest absolute Gasteiger partial charge is 0.481 e. The van der Waals surface area contributed by atoms with Crippen LogP contribution >= 0.6 is 0 Å². The number of hydrogen-bond acceptors (Lipinski definition) is 5. The number of aliphatic carboxylic acids is 1. The zero-order valence-electron chi connectivity index (χ0n) is 22.2. The molecule has 0 bridgehead atoms. The second-order valence-electron chi connectivity index (χ2n) is 10.6. The summed E-state index contributed by atoms with van der Waals surface area (Å²) in [5, 5.41) is 9.25. The molecule has 0 aromatic heterocycles. The van der Waals surface area contributed by atoms with Gasteiger partial charge in [0.25, 0.3) is 6.10 Å². The number of alkyl halides is 9. The molecule has 1 aromatic rings. The fraction of sp³-hybridized carbons (Fsp3) is 0.680. The third kappa shape index (κ3) is 7.89. The zero-order valence-corrected chi connectivity index (χ0v) is 22.2. The first-order valence-corrected chi connectivity index (χ1v) is 12.7. The van der Waals surface area contributed by atoms with E-state index in [4.69, 9.17) is 0 Å². The summed E-state index contributed by atoms with van der Waals surface area (Å²) in [6.07, 6.45) is -21.5. The summed E-state index contributed by atoms with van der Waals surface area (Å²) < 4.78 is 121. The monoisotopic (exact) mass is 607 g/mol. The summed E-state index contributed by atoms with van der Waals surface area (Å²) in [4.78, 5) is 27.7. The molecule has 2 heterocycles. The van der Waals surface area contributed by atoms with Gasteiger partial charge >= 0.3 is 30.6 Å². The van der Waals surface area contributed by atoms with Gasteiger partial charge in [-0.2, -0.15) is 39.5 Å². The minimum absolute atomic E-state index is 0.136. The van der Waals surface area contributed by atoms with E-state index in [0.29, 0.717) is 11.3 Å². The molecule has 41 heavy (non-hydrogen) atoms. The molecule has 3 rings (SSSR count). The second-order valence-corrected chi connectivity index (χ2v) is 10.6. The third-order valence-electron chi connectivity index (χ3n) is 7.84. The number of ether oxygens (including phenoxy) is 1. The number of hydrogen-bond donors (Lipinski definition) is 1. The van der Waals surface area contributed by atoms with Gasteiger partial charge < -0.3 is 19.6 Å². The Morgan fingerprint density at radius 2 is 1.54 bits per heavy atom. The molecule has 0 aliphatic carbocycles. The van der Waals surface area contributed by atoms with Crippen LogP contribution in [0.3, 0.4) is 0 Å². The first-order chi connectivity index (χ1) is 18.7. The number of likely N-dealkylation sites (tertiary alicyclic amines) is 1. The molecule has 232 valence electrons. The number of carboxylic acid groups (broad SMARTS) is 1. The van der Waals surface area contributed by atoms with Crippen LogP contribution in [0.5, 0.6) is 0 Å². The molecule has 0 radical (unpaired) electrons. The molecule has 2 aliphatic heterocycles. The smallest absolute Gasteiger partial charge is 0.434 e. The Kier molecular flexibility index (Phi) is 9.35. The number of amides is 1. The summed E-state index contributed by atoms with van der Waals surface area (Å²) >= 11 is 0. The van der Waals surface area contributed by atoms with Gasteiger partial charge in [0.1, 0.15) is 0 Å². The van der Waals surface area contributed by atoms with E-state index >= 15 is 0 Å². The van der Waals surface area contributed by atoms with Crippen molar-refractivity contribution < 1.29 is 58.9 Å². The molecule has 2 fully saturated rings. The molecule has 0 atom stereocenters. The van der Waals surface area contributed by atoms with Gasteiger partial charge in [0.15, 0.2) is 0 Å². The normalized spacial score (nSPS) is 19.1. The Labute approximate surface area is 229 Å². The Bertz CT molecular complexity index is 1080. The maximum Gasteiger partial charge on any atom is 0.434 e. The summed E-state index contributed by atoms with van der Waals surface area (Å²) in [5.41, 5.74) is -0.755. The molecule has 7 nitrogen and oxygen atoms in total. The molecule has 1 amide bonds. The molecule has 0 unspecified atom stereocenters. The van der Waals surface area contributed by atoms with E-state index in [1.165, 1.54) is 6.07 Å². The van der Waals surface area contributed by atoms with E-state index in [1.807, 2.05) is 0 Å². The summed E-state index contributed by atoms with van der Waals surface area (Å²) in [6, 6.07) is 3.29. The van der Waals surface area contributed by atoms with Gasteiger partial charge in [-0.25, -0.2) is 4.79 Å². The van der Waals surface area contributed by atoms with E-state index < -0.39 is 53.7 Å². The number of carbonyl (C=O) groups is 2. The van der Waals surface area contributed by atoms with Gasteiger partial charge in [0, 0.05) is 44.0 Å². The van der Waals surface area contributed by atoms with E-state index in [2.05, 4.69) is 4.74 Å². The van der Waals surface area contributed by atoms with Crippen LogP contribution in [0.25, 0.3) is 0 Å². The van der Waals surface area contributed by atoms with Crippen molar-refractivity contribution >= 4 is 17.7 Å². The lowest BCUT2D eigenvalue weighted by Crippen LogP contribution is -2.54. The molecule has 16 heteroatoms.